The highest BCUT2D eigenvalue weighted by molar-refractivity contribution is 7.15. The van der Waals surface area contributed by atoms with Crippen LogP contribution in [0.4, 0.5) is 18.9 Å². The maximum absolute atomic E-state index is 13.2. The first-order chi connectivity index (χ1) is 13.9. The molecule has 0 unspecified atom stereocenters. The molecule has 4 rings (SSSR count). The summed E-state index contributed by atoms with van der Waals surface area (Å²) in [6.07, 6.45) is -2.82. The fourth-order valence-electron chi connectivity index (χ4n) is 2.80. The quantitative estimate of drug-likeness (QED) is 0.402. The number of hydrogen-bond acceptors (Lipinski definition) is 4. The molecule has 0 spiro atoms. The minimum atomic E-state index is -4.52. The van der Waals surface area contributed by atoms with Crippen LogP contribution in [0.5, 0.6) is 0 Å². The standard InChI is InChI=1S/C20H14ClF3N4S/c21-19-26-12-16(29-19)11-25-14-8-6-13(7-9-14)17-10-18(20(22,23)24)27-28(17)15-4-2-1-3-5-15/h1-10,12,25H,11H2. The van der Waals surface area contributed by atoms with Crippen molar-refractivity contribution in [2.45, 2.75) is 12.7 Å². The molecule has 2 heterocycles. The van der Waals surface area contributed by atoms with Gasteiger partial charge in [-0.25, -0.2) is 9.67 Å². The molecule has 0 saturated heterocycles. The SMILES string of the molecule is FC(F)(F)c1cc(-c2ccc(NCc3cnc(Cl)s3)cc2)n(-c2ccccc2)n1. The molecule has 9 heteroatoms. The molecule has 0 aliphatic carbocycles. The van der Waals surface area contributed by atoms with Gasteiger partial charge in [0.15, 0.2) is 10.2 Å². The third-order valence-electron chi connectivity index (χ3n) is 4.17. The molecule has 0 atom stereocenters. The molecule has 0 amide bonds. The average molecular weight is 435 g/mol. The van der Waals surface area contributed by atoms with Gasteiger partial charge in [-0.1, -0.05) is 41.9 Å². The Balaban J connectivity index is 1.62. The zero-order valence-corrected chi connectivity index (χ0v) is 16.4. The molecule has 0 radical (unpaired) electrons. The van der Waals surface area contributed by atoms with Crippen molar-refractivity contribution in [3.05, 3.63) is 81.9 Å². The van der Waals surface area contributed by atoms with Gasteiger partial charge < -0.3 is 5.32 Å². The highest BCUT2D eigenvalue weighted by Gasteiger charge is 2.35. The van der Waals surface area contributed by atoms with Crippen LogP contribution in [-0.4, -0.2) is 14.8 Å². The lowest BCUT2D eigenvalue weighted by Gasteiger charge is -2.09. The normalized spacial score (nSPS) is 11.6. The summed E-state index contributed by atoms with van der Waals surface area (Å²) in [5.41, 5.74) is 1.45. The van der Waals surface area contributed by atoms with E-state index in [-0.39, 0.29) is 0 Å². The number of hydrogen-bond donors (Lipinski definition) is 1. The number of nitrogens with one attached hydrogen (secondary N) is 1. The Hall–Kier alpha value is -2.84. The molecule has 148 valence electrons. The number of rotatable bonds is 5. The number of benzene rings is 2. The van der Waals surface area contributed by atoms with Crippen molar-refractivity contribution in [3.63, 3.8) is 0 Å². The molecule has 29 heavy (non-hydrogen) atoms. The van der Waals surface area contributed by atoms with Crippen molar-refractivity contribution in [2.24, 2.45) is 0 Å². The van der Waals surface area contributed by atoms with Crippen molar-refractivity contribution in [1.82, 2.24) is 14.8 Å². The van der Waals surface area contributed by atoms with Gasteiger partial charge in [0.1, 0.15) is 0 Å². The fraction of sp³-hybridized carbons (Fsp3) is 0.100. The van der Waals surface area contributed by atoms with E-state index >= 15 is 0 Å². The van der Waals surface area contributed by atoms with E-state index in [0.717, 1.165) is 16.6 Å². The van der Waals surface area contributed by atoms with Gasteiger partial charge in [0.2, 0.25) is 0 Å². The Kier molecular flexibility index (Phi) is 5.29. The molecular weight excluding hydrogens is 421 g/mol. The minimum absolute atomic E-state index is 0.365. The Labute approximate surface area is 173 Å². The summed E-state index contributed by atoms with van der Waals surface area (Å²) < 4.78 is 41.5. The van der Waals surface area contributed by atoms with Gasteiger partial charge in [0.25, 0.3) is 0 Å². The molecule has 2 aromatic carbocycles. The van der Waals surface area contributed by atoms with Gasteiger partial charge in [-0.15, -0.1) is 11.3 Å². The molecule has 1 N–H and O–H groups in total. The first-order valence-corrected chi connectivity index (χ1v) is 9.77. The van der Waals surface area contributed by atoms with Crippen LogP contribution in [0, 0.1) is 0 Å². The molecule has 0 bridgehead atoms. The number of nitrogens with zero attached hydrogens (tertiary/aromatic N) is 3. The second-order valence-electron chi connectivity index (χ2n) is 6.17. The zero-order chi connectivity index (χ0) is 20.4. The van der Waals surface area contributed by atoms with Crippen LogP contribution in [0.2, 0.25) is 4.47 Å². The van der Waals surface area contributed by atoms with E-state index in [1.807, 2.05) is 12.1 Å². The number of halogens is 4. The summed E-state index contributed by atoms with van der Waals surface area (Å²) in [6, 6.07) is 17.0. The van der Waals surface area contributed by atoms with Gasteiger partial charge in [0.05, 0.1) is 17.9 Å². The second kappa shape index (κ2) is 7.88. The second-order valence-corrected chi connectivity index (χ2v) is 7.87. The smallest absolute Gasteiger partial charge is 0.380 e. The third kappa shape index (κ3) is 4.44. The van der Waals surface area contributed by atoms with Crippen molar-refractivity contribution in [1.29, 1.82) is 0 Å². The largest absolute Gasteiger partial charge is 0.435 e. The van der Waals surface area contributed by atoms with E-state index in [1.165, 1.54) is 16.0 Å². The predicted octanol–water partition coefficient (Wildman–Crippen LogP) is 6.28. The fourth-order valence-corrected chi connectivity index (χ4v) is 3.72. The molecule has 2 aromatic heterocycles. The van der Waals surface area contributed by atoms with E-state index in [9.17, 15) is 13.2 Å². The molecule has 4 aromatic rings. The Morgan fingerprint density at radius 2 is 1.76 bits per heavy atom. The number of anilines is 1. The Morgan fingerprint density at radius 1 is 1.03 bits per heavy atom. The Bertz CT molecular complexity index is 1100. The average Bonchev–Trinajstić information content (AvgIpc) is 3.34. The maximum Gasteiger partial charge on any atom is 0.435 e. The summed E-state index contributed by atoms with van der Waals surface area (Å²) in [7, 11) is 0. The van der Waals surface area contributed by atoms with Crippen LogP contribution in [-0.2, 0) is 12.7 Å². The minimum Gasteiger partial charge on any atom is -0.380 e. The highest BCUT2D eigenvalue weighted by Crippen LogP contribution is 2.33. The maximum atomic E-state index is 13.2. The molecule has 0 aliphatic heterocycles. The number of para-hydroxylation sites is 1. The van der Waals surface area contributed by atoms with Gasteiger partial charge in [-0.05, 0) is 30.3 Å². The van der Waals surface area contributed by atoms with Crippen molar-refractivity contribution in [2.75, 3.05) is 5.32 Å². The van der Waals surface area contributed by atoms with Gasteiger partial charge in [-0.3, -0.25) is 0 Å². The molecule has 0 fully saturated rings. The summed E-state index contributed by atoms with van der Waals surface area (Å²) in [4.78, 5) is 4.97. The predicted molar refractivity (Wildman–Crippen MR) is 108 cm³/mol. The lowest BCUT2D eigenvalue weighted by molar-refractivity contribution is -0.141. The van der Waals surface area contributed by atoms with Gasteiger partial charge in [0, 0.05) is 22.3 Å². The first kappa shape index (κ1) is 19.5. The van der Waals surface area contributed by atoms with Crippen LogP contribution in [0.1, 0.15) is 10.6 Å². The summed E-state index contributed by atoms with van der Waals surface area (Å²) >= 11 is 7.21. The molecule has 0 aliphatic rings. The van der Waals surface area contributed by atoms with Crippen LogP contribution in [0.25, 0.3) is 16.9 Å². The van der Waals surface area contributed by atoms with E-state index in [2.05, 4.69) is 15.4 Å². The lowest BCUT2D eigenvalue weighted by Crippen LogP contribution is -2.07. The van der Waals surface area contributed by atoms with Crippen molar-refractivity contribution >= 4 is 28.6 Å². The number of thiazole rings is 1. The molecule has 0 saturated carbocycles. The molecular formula is C20H14ClF3N4S. The van der Waals surface area contributed by atoms with Crippen LogP contribution < -0.4 is 5.32 Å². The lowest BCUT2D eigenvalue weighted by atomic mass is 10.1. The third-order valence-corrected chi connectivity index (χ3v) is 5.29. The summed E-state index contributed by atoms with van der Waals surface area (Å²) in [5.74, 6) is 0. The van der Waals surface area contributed by atoms with Gasteiger partial charge in [-0.2, -0.15) is 18.3 Å². The summed E-state index contributed by atoms with van der Waals surface area (Å²) in [5, 5.41) is 7.02. The van der Waals surface area contributed by atoms with Crippen molar-refractivity contribution < 1.29 is 13.2 Å². The Morgan fingerprint density at radius 3 is 2.38 bits per heavy atom. The number of alkyl halides is 3. The van der Waals surface area contributed by atoms with Crippen LogP contribution in [0.15, 0.2) is 66.9 Å². The van der Waals surface area contributed by atoms with E-state index in [4.69, 9.17) is 11.6 Å². The zero-order valence-electron chi connectivity index (χ0n) is 14.8. The van der Waals surface area contributed by atoms with E-state index in [0.29, 0.717) is 28.0 Å². The van der Waals surface area contributed by atoms with Crippen LogP contribution >= 0.6 is 22.9 Å². The summed E-state index contributed by atoms with van der Waals surface area (Å²) in [6.45, 7) is 0.559. The van der Waals surface area contributed by atoms with E-state index in [1.54, 1.807) is 48.7 Å². The first-order valence-electron chi connectivity index (χ1n) is 8.57. The van der Waals surface area contributed by atoms with Gasteiger partial charge >= 0.3 is 6.18 Å². The van der Waals surface area contributed by atoms with Crippen molar-refractivity contribution in [3.8, 4) is 16.9 Å². The van der Waals surface area contributed by atoms with E-state index < -0.39 is 11.9 Å². The monoisotopic (exact) mass is 434 g/mol. The van der Waals surface area contributed by atoms with Crippen LogP contribution in [0.3, 0.4) is 0 Å². The molecule has 4 nitrogen and oxygen atoms in total. The number of aromatic nitrogens is 3. The highest BCUT2D eigenvalue weighted by atomic mass is 35.5. The topological polar surface area (TPSA) is 42.7 Å².